The van der Waals surface area contributed by atoms with Crippen LogP contribution in [0.4, 0.5) is 0 Å². The van der Waals surface area contributed by atoms with Crippen LogP contribution in [0.5, 0.6) is 0 Å². The second kappa shape index (κ2) is 9.48. The van der Waals surface area contributed by atoms with Gasteiger partial charge >= 0.3 is 0 Å². The first-order valence-electron chi connectivity index (χ1n) is 7.18. The lowest BCUT2D eigenvalue weighted by Crippen LogP contribution is -2.36. The zero-order valence-electron chi connectivity index (χ0n) is 11.8. The van der Waals surface area contributed by atoms with Gasteiger partial charge in [-0.2, -0.15) is 0 Å². The fourth-order valence-corrected chi connectivity index (χ4v) is 2.36. The number of ether oxygens (including phenoxy) is 2. The maximum atomic E-state index is 11.7. The van der Waals surface area contributed by atoms with Crippen LogP contribution in [0.25, 0.3) is 0 Å². The van der Waals surface area contributed by atoms with Crippen molar-refractivity contribution in [2.45, 2.75) is 33.1 Å². The van der Waals surface area contributed by atoms with Gasteiger partial charge in [-0.1, -0.05) is 0 Å². The van der Waals surface area contributed by atoms with Gasteiger partial charge in [0.25, 0.3) is 0 Å². The quantitative estimate of drug-likeness (QED) is 0.559. The molecule has 18 heavy (non-hydrogen) atoms. The van der Waals surface area contributed by atoms with Crippen molar-refractivity contribution in [1.82, 2.24) is 4.90 Å². The topological polar surface area (TPSA) is 38.8 Å². The van der Waals surface area contributed by atoms with Crippen molar-refractivity contribution in [2.75, 3.05) is 46.1 Å². The summed E-state index contributed by atoms with van der Waals surface area (Å²) in [5.74, 6) is 0.682. The Morgan fingerprint density at radius 2 is 1.78 bits per heavy atom. The Morgan fingerprint density at radius 1 is 1.17 bits per heavy atom. The Kier molecular flexibility index (Phi) is 8.22. The van der Waals surface area contributed by atoms with Gasteiger partial charge in [0.05, 0.1) is 13.2 Å². The van der Waals surface area contributed by atoms with Crippen molar-refractivity contribution < 1.29 is 14.3 Å². The highest BCUT2D eigenvalue weighted by molar-refractivity contribution is 5.83. The predicted octanol–water partition coefficient (Wildman–Crippen LogP) is 1.73. The van der Waals surface area contributed by atoms with Gasteiger partial charge in [0.15, 0.2) is 0 Å². The Labute approximate surface area is 111 Å². The Bertz CT molecular complexity index is 223. The fraction of sp³-hybridized carbons (Fsp3) is 0.929. The molecule has 1 unspecified atom stereocenters. The first-order chi connectivity index (χ1) is 8.77. The normalized spacial score (nSPS) is 19.9. The fourth-order valence-electron chi connectivity index (χ4n) is 2.36. The molecule has 1 aliphatic rings. The van der Waals surface area contributed by atoms with E-state index in [4.69, 9.17) is 9.47 Å². The molecule has 1 atom stereocenters. The summed E-state index contributed by atoms with van der Waals surface area (Å²) in [6.07, 6.45) is 2.89. The number of hydrogen-bond donors (Lipinski definition) is 0. The van der Waals surface area contributed by atoms with Crippen molar-refractivity contribution in [3.05, 3.63) is 0 Å². The van der Waals surface area contributed by atoms with E-state index in [2.05, 4.69) is 4.90 Å². The molecule has 0 aromatic carbocycles. The van der Waals surface area contributed by atoms with Crippen LogP contribution in [-0.4, -0.2) is 56.7 Å². The van der Waals surface area contributed by atoms with E-state index in [-0.39, 0.29) is 5.92 Å². The highest BCUT2D eigenvalue weighted by Crippen LogP contribution is 2.22. The van der Waals surface area contributed by atoms with E-state index in [9.17, 15) is 4.79 Å². The van der Waals surface area contributed by atoms with Crippen molar-refractivity contribution in [3.63, 3.8) is 0 Å². The maximum absolute atomic E-state index is 11.7. The van der Waals surface area contributed by atoms with E-state index in [1.807, 2.05) is 13.8 Å². The minimum absolute atomic E-state index is 0.244. The molecule has 0 aromatic rings. The average molecular weight is 257 g/mol. The second-order valence-corrected chi connectivity index (χ2v) is 4.75. The highest BCUT2D eigenvalue weighted by Gasteiger charge is 2.26. The van der Waals surface area contributed by atoms with Crippen molar-refractivity contribution >= 4 is 5.78 Å². The zero-order valence-corrected chi connectivity index (χ0v) is 11.8. The van der Waals surface area contributed by atoms with Crippen LogP contribution in [0, 0.1) is 5.92 Å². The third-order valence-corrected chi connectivity index (χ3v) is 3.42. The molecule has 4 nitrogen and oxygen atoms in total. The Morgan fingerprint density at radius 3 is 2.22 bits per heavy atom. The summed E-state index contributed by atoms with van der Waals surface area (Å²) in [6.45, 7) is 9.65. The van der Waals surface area contributed by atoms with Gasteiger partial charge in [-0.05, 0) is 26.7 Å². The number of carbonyl (C=O) groups is 1. The van der Waals surface area contributed by atoms with Gasteiger partial charge in [-0.15, -0.1) is 0 Å². The van der Waals surface area contributed by atoms with Gasteiger partial charge in [0.1, 0.15) is 5.78 Å². The molecule has 4 heteroatoms. The van der Waals surface area contributed by atoms with Gasteiger partial charge in [0.2, 0.25) is 0 Å². The largest absolute Gasteiger partial charge is 0.380 e. The van der Waals surface area contributed by atoms with E-state index in [1.54, 1.807) is 0 Å². The van der Waals surface area contributed by atoms with Gasteiger partial charge in [-0.3, -0.25) is 9.69 Å². The molecule has 0 amide bonds. The number of nitrogens with zero attached hydrogens (tertiary/aromatic N) is 1. The first-order valence-corrected chi connectivity index (χ1v) is 7.18. The second-order valence-electron chi connectivity index (χ2n) is 4.75. The lowest BCUT2D eigenvalue weighted by molar-refractivity contribution is -0.121. The van der Waals surface area contributed by atoms with Gasteiger partial charge in [0, 0.05) is 45.2 Å². The summed E-state index contributed by atoms with van der Waals surface area (Å²) in [4.78, 5) is 14.0. The van der Waals surface area contributed by atoms with Crippen LogP contribution in [0.15, 0.2) is 0 Å². The third kappa shape index (κ3) is 5.94. The number of ketones is 1. The average Bonchev–Trinajstić information content (AvgIpc) is 2.75. The summed E-state index contributed by atoms with van der Waals surface area (Å²) in [5.41, 5.74) is 0. The van der Waals surface area contributed by atoms with Crippen LogP contribution in [0.1, 0.15) is 33.1 Å². The molecule has 0 radical (unpaired) electrons. The number of hydrogen-bond acceptors (Lipinski definition) is 4. The van der Waals surface area contributed by atoms with Gasteiger partial charge in [-0.25, -0.2) is 0 Å². The first kappa shape index (κ1) is 15.6. The lowest BCUT2D eigenvalue weighted by Gasteiger charge is -2.24. The predicted molar refractivity (Wildman–Crippen MR) is 71.8 cm³/mol. The van der Waals surface area contributed by atoms with Crippen molar-refractivity contribution in [1.29, 1.82) is 0 Å². The van der Waals surface area contributed by atoms with E-state index in [0.717, 1.165) is 65.3 Å². The van der Waals surface area contributed by atoms with Crippen LogP contribution in [0.3, 0.4) is 0 Å². The maximum Gasteiger partial charge on any atom is 0.137 e. The molecule has 0 aliphatic heterocycles. The SMILES string of the molecule is CCOCCN(CCOCC)CC1CCCC1=O. The van der Waals surface area contributed by atoms with Crippen molar-refractivity contribution in [3.8, 4) is 0 Å². The van der Waals surface area contributed by atoms with E-state index < -0.39 is 0 Å². The van der Waals surface area contributed by atoms with Crippen molar-refractivity contribution in [2.24, 2.45) is 5.92 Å². The van der Waals surface area contributed by atoms with Crippen LogP contribution < -0.4 is 0 Å². The van der Waals surface area contributed by atoms with E-state index >= 15 is 0 Å². The molecular weight excluding hydrogens is 230 g/mol. The molecular formula is C14H27NO3. The minimum Gasteiger partial charge on any atom is -0.380 e. The summed E-state index contributed by atoms with van der Waals surface area (Å²) in [6, 6.07) is 0. The summed E-state index contributed by atoms with van der Waals surface area (Å²) >= 11 is 0. The Balaban J connectivity index is 2.30. The number of Topliss-reactive ketones (excluding diaryl/α,β-unsaturated/α-hetero) is 1. The summed E-state index contributed by atoms with van der Waals surface area (Å²) < 4.78 is 10.8. The molecule has 106 valence electrons. The molecule has 1 rings (SSSR count). The number of rotatable bonds is 10. The highest BCUT2D eigenvalue weighted by atomic mass is 16.5. The molecule has 0 bridgehead atoms. The smallest absolute Gasteiger partial charge is 0.137 e. The van der Waals surface area contributed by atoms with Crippen LogP contribution >= 0.6 is 0 Å². The molecule has 0 saturated heterocycles. The molecule has 1 fully saturated rings. The van der Waals surface area contributed by atoms with E-state index in [1.165, 1.54) is 0 Å². The van der Waals surface area contributed by atoms with Crippen LogP contribution in [-0.2, 0) is 14.3 Å². The van der Waals surface area contributed by atoms with Crippen LogP contribution in [0.2, 0.25) is 0 Å². The molecule has 1 aliphatic carbocycles. The minimum atomic E-state index is 0.244. The monoisotopic (exact) mass is 257 g/mol. The molecule has 0 heterocycles. The standard InChI is InChI=1S/C14H27NO3/c1-3-17-10-8-15(9-11-18-4-2)12-13-6-5-7-14(13)16/h13H,3-12H2,1-2H3. The number of carbonyl (C=O) groups excluding carboxylic acids is 1. The van der Waals surface area contributed by atoms with Gasteiger partial charge < -0.3 is 9.47 Å². The summed E-state index contributed by atoms with van der Waals surface area (Å²) in [7, 11) is 0. The third-order valence-electron chi connectivity index (χ3n) is 3.42. The molecule has 0 spiro atoms. The lowest BCUT2D eigenvalue weighted by atomic mass is 10.1. The molecule has 0 N–H and O–H groups in total. The zero-order chi connectivity index (χ0) is 13.2. The van der Waals surface area contributed by atoms with E-state index in [0.29, 0.717) is 5.78 Å². The molecule has 1 saturated carbocycles. The Hall–Kier alpha value is -0.450. The summed E-state index contributed by atoms with van der Waals surface area (Å²) in [5, 5.41) is 0. The molecule has 0 aromatic heterocycles.